The van der Waals surface area contributed by atoms with Crippen molar-refractivity contribution < 1.29 is 9.52 Å². The van der Waals surface area contributed by atoms with Crippen LogP contribution in [0.2, 0.25) is 0 Å². The molecule has 1 atom stereocenters. The first-order valence-electron chi connectivity index (χ1n) is 8.33. The number of aromatic nitrogens is 1. The molecule has 144 valence electrons. The third kappa shape index (κ3) is 6.49. The Morgan fingerprint density at radius 1 is 1.35 bits per heavy atom. The molecule has 1 unspecified atom stereocenters. The highest BCUT2D eigenvalue weighted by molar-refractivity contribution is 14.0. The number of halogens is 1. The van der Waals surface area contributed by atoms with Gasteiger partial charge in [0.15, 0.2) is 5.96 Å². The van der Waals surface area contributed by atoms with Crippen molar-refractivity contribution in [3.8, 4) is 0 Å². The quantitative estimate of drug-likeness (QED) is 0.325. The lowest BCUT2D eigenvalue weighted by molar-refractivity contribution is 0.0386. The highest BCUT2D eigenvalue weighted by atomic mass is 127. The second-order valence-corrected chi connectivity index (χ2v) is 6.22. The van der Waals surface area contributed by atoms with E-state index in [1.807, 2.05) is 38.1 Å². The summed E-state index contributed by atoms with van der Waals surface area (Å²) in [6.45, 7) is 5.23. The van der Waals surface area contributed by atoms with Crippen LogP contribution in [0, 0.1) is 0 Å². The van der Waals surface area contributed by atoms with Gasteiger partial charge < -0.3 is 25.1 Å². The molecule has 0 saturated heterocycles. The van der Waals surface area contributed by atoms with Gasteiger partial charge in [0.1, 0.15) is 17.2 Å². The molecular weight excluding hydrogens is 445 g/mol. The first kappa shape index (κ1) is 22.2. The smallest absolute Gasteiger partial charge is 0.191 e. The molecule has 0 saturated carbocycles. The van der Waals surface area contributed by atoms with E-state index >= 15 is 0 Å². The number of anilines is 1. The van der Waals surface area contributed by atoms with Crippen LogP contribution in [0.15, 0.2) is 46.1 Å². The van der Waals surface area contributed by atoms with Gasteiger partial charge in [0.2, 0.25) is 0 Å². The van der Waals surface area contributed by atoms with Crippen molar-refractivity contribution in [2.45, 2.75) is 26.0 Å². The van der Waals surface area contributed by atoms with Gasteiger partial charge in [0.25, 0.3) is 0 Å². The number of hydrogen-bond acceptors (Lipinski definition) is 5. The molecule has 0 aliphatic rings. The van der Waals surface area contributed by atoms with Crippen LogP contribution >= 0.6 is 24.0 Å². The van der Waals surface area contributed by atoms with E-state index in [1.165, 1.54) is 0 Å². The summed E-state index contributed by atoms with van der Waals surface area (Å²) in [5.74, 6) is 2.05. The normalized spacial score (nSPS) is 13.5. The van der Waals surface area contributed by atoms with Crippen LogP contribution in [-0.4, -0.2) is 43.2 Å². The first-order valence-corrected chi connectivity index (χ1v) is 8.33. The summed E-state index contributed by atoms with van der Waals surface area (Å²) < 4.78 is 5.29. The zero-order valence-electron chi connectivity index (χ0n) is 15.7. The molecule has 7 nitrogen and oxygen atoms in total. The van der Waals surface area contributed by atoms with Gasteiger partial charge in [-0.3, -0.25) is 0 Å². The van der Waals surface area contributed by atoms with Crippen molar-refractivity contribution >= 4 is 35.8 Å². The summed E-state index contributed by atoms with van der Waals surface area (Å²) in [5.41, 5.74) is -0.0530. The zero-order valence-corrected chi connectivity index (χ0v) is 18.0. The highest BCUT2D eigenvalue weighted by Gasteiger charge is 2.26. The molecule has 0 fully saturated rings. The van der Waals surface area contributed by atoms with Crippen LogP contribution in [0.5, 0.6) is 0 Å². The number of aliphatic imine (C=N–C) groups is 1. The van der Waals surface area contributed by atoms with E-state index < -0.39 is 5.60 Å². The molecule has 2 rings (SSSR count). The lowest BCUT2D eigenvalue weighted by Gasteiger charge is -2.22. The maximum Gasteiger partial charge on any atom is 0.191 e. The highest BCUT2D eigenvalue weighted by Crippen LogP contribution is 2.19. The number of furan rings is 1. The topological polar surface area (TPSA) is 85.9 Å². The van der Waals surface area contributed by atoms with Crippen molar-refractivity contribution in [2.75, 3.05) is 32.1 Å². The number of guanidine groups is 1. The van der Waals surface area contributed by atoms with Crippen LogP contribution in [0.4, 0.5) is 5.82 Å². The molecule has 0 aliphatic carbocycles. The van der Waals surface area contributed by atoms with E-state index in [0.29, 0.717) is 18.3 Å². The van der Waals surface area contributed by atoms with Gasteiger partial charge >= 0.3 is 0 Å². The van der Waals surface area contributed by atoms with Crippen molar-refractivity contribution in [3.05, 3.63) is 48.0 Å². The number of hydrogen-bond donors (Lipinski definition) is 3. The van der Waals surface area contributed by atoms with E-state index in [2.05, 4.69) is 20.6 Å². The third-order valence-electron chi connectivity index (χ3n) is 3.68. The summed E-state index contributed by atoms with van der Waals surface area (Å²) in [5, 5.41) is 16.9. The summed E-state index contributed by atoms with van der Waals surface area (Å²) in [6, 6.07) is 7.46. The molecule has 2 aromatic rings. The maximum absolute atomic E-state index is 10.5. The fraction of sp³-hybridized carbons (Fsp3) is 0.444. The molecule has 3 N–H and O–H groups in total. The Morgan fingerprint density at radius 2 is 2.12 bits per heavy atom. The predicted molar refractivity (Wildman–Crippen MR) is 115 cm³/mol. The van der Waals surface area contributed by atoms with Crippen LogP contribution in [-0.2, 0) is 12.1 Å². The molecule has 0 spiro atoms. The van der Waals surface area contributed by atoms with E-state index in [1.54, 1.807) is 31.5 Å². The van der Waals surface area contributed by atoms with E-state index in [9.17, 15) is 5.11 Å². The van der Waals surface area contributed by atoms with Crippen LogP contribution in [0.1, 0.15) is 25.2 Å². The average Bonchev–Trinajstić information content (AvgIpc) is 3.13. The molecule has 0 bridgehead atoms. The molecule has 2 aromatic heterocycles. The van der Waals surface area contributed by atoms with E-state index in [-0.39, 0.29) is 30.5 Å². The van der Waals surface area contributed by atoms with Crippen molar-refractivity contribution in [2.24, 2.45) is 4.99 Å². The minimum Gasteiger partial charge on any atom is -0.466 e. The second kappa shape index (κ2) is 10.4. The Hall–Kier alpha value is -1.81. The van der Waals surface area contributed by atoms with Crippen molar-refractivity contribution in [1.29, 1.82) is 0 Å². The molecule has 0 aliphatic heterocycles. The monoisotopic (exact) mass is 473 g/mol. The van der Waals surface area contributed by atoms with Crippen molar-refractivity contribution in [3.63, 3.8) is 0 Å². The van der Waals surface area contributed by atoms with Gasteiger partial charge in [0, 0.05) is 26.8 Å². The second-order valence-electron chi connectivity index (χ2n) is 6.22. The lowest BCUT2D eigenvalue weighted by Crippen LogP contribution is -2.44. The SMILES string of the molecule is CCNC(=NCc1ccnc(N(C)C)c1)NCC(C)(O)c1ccco1.I. The van der Waals surface area contributed by atoms with E-state index in [4.69, 9.17) is 4.42 Å². The number of aliphatic hydroxyl groups is 1. The van der Waals surface area contributed by atoms with Crippen LogP contribution < -0.4 is 15.5 Å². The Morgan fingerprint density at radius 3 is 2.73 bits per heavy atom. The average molecular weight is 473 g/mol. The van der Waals surface area contributed by atoms with Gasteiger partial charge in [-0.25, -0.2) is 9.98 Å². The Bertz CT molecular complexity index is 687. The van der Waals surface area contributed by atoms with Crippen LogP contribution in [0.3, 0.4) is 0 Å². The van der Waals surface area contributed by atoms with Gasteiger partial charge in [0.05, 0.1) is 19.4 Å². The summed E-state index contributed by atoms with van der Waals surface area (Å²) in [4.78, 5) is 10.8. The van der Waals surface area contributed by atoms with Gasteiger partial charge in [-0.15, -0.1) is 24.0 Å². The third-order valence-corrected chi connectivity index (χ3v) is 3.68. The molecule has 2 heterocycles. The van der Waals surface area contributed by atoms with Crippen LogP contribution in [0.25, 0.3) is 0 Å². The zero-order chi connectivity index (χ0) is 18.3. The first-order chi connectivity index (χ1) is 11.9. The Labute approximate surface area is 171 Å². The van der Waals surface area contributed by atoms with Gasteiger partial charge in [-0.2, -0.15) is 0 Å². The minimum atomic E-state index is -1.12. The predicted octanol–water partition coefficient (Wildman–Crippen LogP) is 2.32. The Kier molecular flexibility index (Phi) is 8.86. The molecule has 8 heteroatoms. The van der Waals surface area contributed by atoms with E-state index in [0.717, 1.165) is 17.9 Å². The molecule has 0 aromatic carbocycles. The molecular formula is C18H28IN5O2. The largest absolute Gasteiger partial charge is 0.466 e. The number of rotatable bonds is 7. The fourth-order valence-corrected chi connectivity index (χ4v) is 2.24. The maximum atomic E-state index is 10.5. The van der Waals surface area contributed by atoms with Gasteiger partial charge in [-0.1, -0.05) is 0 Å². The minimum absolute atomic E-state index is 0. The van der Waals surface area contributed by atoms with Gasteiger partial charge in [-0.05, 0) is 43.7 Å². The standard InChI is InChI=1S/C18H27N5O2.HI/c1-5-19-17(22-13-18(2,24)15-7-6-10-25-15)21-12-14-8-9-20-16(11-14)23(3)4;/h6-11,24H,5,12-13H2,1-4H3,(H2,19,21,22);1H. The number of pyridine rings is 1. The fourth-order valence-electron chi connectivity index (χ4n) is 2.24. The summed E-state index contributed by atoms with van der Waals surface area (Å²) >= 11 is 0. The summed E-state index contributed by atoms with van der Waals surface area (Å²) in [7, 11) is 3.91. The number of nitrogens with one attached hydrogen (secondary N) is 2. The Balaban J connectivity index is 0.00000338. The van der Waals surface area contributed by atoms with Crippen molar-refractivity contribution in [1.82, 2.24) is 15.6 Å². The molecule has 26 heavy (non-hydrogen) atoms. The lowest BCUT2D eigenvalue weighted by atomic mass is 10.0. The number of nitrogens with zero attached hydrogens (tertiary/aromatic N) is 3. The summed E-state index contributed by atoms with van der Waals surface area (Å²) in [6.07, 6.45) is 3.33. The molecule has 0 radical (unpaired) electrons. The molecule has 0 amide bonds.